The molecule has 0 saturated carbocycles. The summed E-state index contributed by atoms with van der Waals surface area (Å²) < 4.78 is 21.8. The Labute approximate surface area is 181 Å². The second kappa shape index (κ2) is 10.3. The summed E-state index contributed by atoms with van der Waals surface area (Å²) in [6, 6.07) is 14.4. The van der Waals surface area contributed by atoms with Crippen molar-refractivity contribution in [3.05, 3.63) is 71.3 Å². The van der Waals surface area contributed by atoms with E-state index in [0.29, 0.717) is 29.4 Å². The molecule has 2 aromatic rings. The first-order valence-electron chi connectivity index (χ1n) is 10.1. The van der Waals surface area contributed by atoms with Gasteiger partial charge in [0.2, 0.25) is 11.7 Å². The van der Waals surface area contributed by atoms with E-state index in [-0.39, 0.29) is 23.8 Å². The van der Waals surface area contributed by atoms with E-state index in [0.717, 1.165) is 6.42 Å². The minimum Gasteiger partial charge on any atom is -0.493 e. The first-order valence-corrected chi connectivity index (χ1v) is 10.1. The lowest BCUT2D eigenvalue weighted by Gasteiger charge is -2.11. The number of carbonyl (C=O) groups excluding carboxylic acids is 2. The highest BCUT2D eigenvalue weighted by atomic mass is 16.5. The highest BCUT2D eigenvalue weighted by molar-refractivity contribution is 6.26. The van der Waals surface area contributed by atoms with Crippen LogP contribution in [0.25, 0.3) is 6.08 Å². The third-order valence-electron chi connectivity index (χ3n) is 4.35. The number of Topliss-reactive ketones (excluding diaryl/α,β-unsaturated/α-hetero) is 1. The minimum absolute atomic E-state index is 0.00534. The van der Waals surface area contributed by atoms with Crippen LogP contribution in [0.15, 0.2) is 65.7 Å². The van der Waals surface area contributed by atoms with E-state index in [1.165, 1.54) is 0 Å². The second-order valence-corrected chi connectivity index (χ2v) is 6.61. The van der Waals surface area contributed by atoms with E-state index in [9.17, 15) is 9.59 Å². The molecule has 0 fully saturated rings. The van der Waals surface area contributed by atoms with E-state index < -0.39 is 11.8 Å². The van der Waals surface area contributed by atoms with Crippen molar-refractivity contribution in [2.45, 2.75) is 20.3 Å². The Bertz CT molecular complexity index is 1010. The van der Waals surface area contributed by atoms with Crippen LogP contribution in [0.4, 0.5) is 5.69 Å². The number of rotatable bonds is 9. The number of methoxy groups -OCH3 is 1. The van der Waals surface area contributed by atoms with Gasteiger partial charge in [-0.3, -0.25) is 4.79 Å². The molecular formula is C24H25NO6. The van der Waals surface area contributed by atoms with E-state index >= 15 is 0 Å². The molecule has 0 spiro atoms. The molecule has 3 rings (SSSR count). The molecule has 1 aliphatic rings. The number of esters is 1. The molecule has 0 bridgehead atoms. The van der Waals surface area contributed by atoms with Crippen LogP contribution in [-0.2, 0) is 19.1 Å². The van der Waals surface area contributed by atoms with Crippen molar-refractivity contribution in [2.75, 3.05) is 25.6 Å². The summed E-state index contributed by atoms with van der Waals surface area (Å²) in [6.07, 6.45) is 2.42. The van der Waals surface area contributed by atoms with Crippen LogP contribution in [-0.4, -0.2) is 32.1 Å². The number of para-hydroxylation sites is 1. The Balaban J connectivity index is 1.90. The molecule has 0 amide bonds. The number of allylic oxidation sites excluding steroid dienone is 1. The Morgan fingerprint density at radius 3 is 2.55 bits per heavy atom. The van der Waals surface area contributed by atoms with Gasteiger partial charge < -0.3 is 24.3 Å². The summed E-state index contributed by atoms with van der Waals surface area (Å²) in [5.74, 6) is -0.102. The summed E-state index contributed by atoms with van der Waals surface area (Å²) in [5.41, 5.74) is 1.16. The molecule has 0 saturated heterocycles. The number of hydrogen-bond donors (Lipinski definition) is 1. The van der Waals surface area contributed by atoms with E-state index in [2.05, 4.69) is 5.32 Å². The van der Waals surface area contributed by atoms with Gasteiger partial charge in [-0.2, -0.15) is 0 Å². The van der Waals surface area contributed by atoms with Gasteiger partial charge in [0.15, 0.2) is 22.8 Å². The van der Waals surface area contributed by atoms with E-state index in [1.807, 2.05) is 25.1 Å². The molecule has 2 aromatic carbocycles. The van der Waals surface area contributed by atoms with Crippen LogP contribution in [0.3, 0.4) is 0 Å². The molecule has 162 valence electrons. The quantitative estimate of drug-likeness (QED) is 0.365. The zero-order valence-electron chi connectivity index (χ0n) is 17.8. The highest BCUT2D eigenvalue weighted by Gasteiger charge is 2.37. The van der Waals surface area contributed by atoms with Gasteiger partial charge in [0.05, 0.1) is 20.3 Å². The third-order valence-corrected chi connectivity index (χ3v) is 4.35. The standard InChI is InChI=1S/C24H25NO6/c1-4-13-30-18-12-11-16(14-19(18)28-3)15-20-22(26)21(24(27)29-5-2)23(31-20)25-17-9-7-6-8-10-17/h6-12,14-15,25H,4-5,13H2,1-3H3/b20-15-. The largest absolute Gasteiger partial charge is 0.493 e. The van der Waals surface area contributed by atoms with Crippen molar-refractivity contribution in [3.63, 3.8) is 0 Å². The number of nitrogens with one attached hydrogen (secondary N) is 1. The molecule has 1 aliphatic heterocycles. The van der Waals surface area contributed by atoms with Gasteiger partial charge in [-0.25, -0.2) is 4.79 Å². The monoisotopic (exact) mass is 423 g/mol. The fourth-order valence-corrected chi connectivity index (χ4v) is 2.91. The van der Waals surface area contributed by atoms with Gasteiger partial charge in [-0.1, -0.05) is 31.2 Å². The first-order chi connectivity index (χ1) is 15.1. The van der Waals surface area contributed by atoms with E-state index in [1.54, 1.807) is 50.4 Å². The van der Waals surface area contributed by atoms with Crippen LogP contribution >= 0.6 is 0 Å². The number of ketones is 1. The zero-order valence-corrected chi connectivity index (χ0v) is 17.8. The Kier molecular flexibility index (Phi) is 7.32. The van der Waals surface area contributed by atoms with Crippen LogP contribution in [0.1, 0.15) is 25.8 Å². The lowest BCUT2D eigenvalue weighted by molar-refractivity contribution is -0.139. The zero-order chi connectivity index (χ0) is 22.2. The Morgan fingerprint density at radius 2 is 1.87 bits per heavy atom. The predicted molar refractivity (Wildman–Crippen MR) is 117 cm³/mol. The van der Waals surface area contributed by atoms with Crippen LogP contribution in [0, 0.1) is 0 Å². The fraction of sp³-hybridized carbons (Fsp3) is 0.250. The van der Waals surface area contributed by atoms with Crippen molar-refractivity contribution in [3.8, 4) is 11.5 Å². The van der Waals surface area contributed by atoms with E-state index in [4.69, 9.17) is 18.9 Å². The SMILES string of the molecule is CCCOc1ccc(/C=C2\OC(Nc3ccccc3)=C(C(=O)OCC)C2=O)cc1OC. The van der Waals surface area contributed by atoms with Gasteiger partial charge in [-0.05, 0) is 49.2 Å². The van der Waals surface area contributed by atoms with Crippen molar-refractivity contribution in [1.29, 1.82) is 0 Å². The predicted octanol–water partition coefficient (Wildman–Crippen LogP) is 4.31. The summed E-state index contributed by atoms with van der Waals surface area (Å²) >= 11 is 0. The minimum atomic E-state index is -0.741. The van der Waals surface area contributed by atoms with Gasteiger partial charge in [0.1, 0.15) is 0 Å². The molecule has 1 heterocycles. The summed E-state index contributed by atoms with van der Waals surface area (Å²) in [7, 11) is 1.55. The average molecular weight is 423 g/mol. The average Bonchev–Trinajstić information content (AvgIpc) is 3.08. The third kappa shape index (κ3) is 5.25. The topological polar surface area (TPSA) is 83.1 Å². The van der Waals surface area contributed by atoms with Gasteiger partial charge >= 0.3 is 5.97 Å². The van der Waals surface area contributed by atoms with Gasteiger partial charge in [-0.15, -0.1) is 0 Å². The van der Waals surface area contributed by atoms with Crippen LogP contribution in [0.5, 0.6) is 11.5 Å². The molecule has 0 aliphatic carbocycles. The maximum atomic E-state index is 12.9. The van der Waals surface area contributed by atoms with Gasteiger partial charge in [0.25, 0.3) is 0 Å². The van der Waals surface area contributed by atoms with Crippen LogP contribution < -0.4 is 14.8 Å². The molecule has 7 heteroatoms. The lowest BCUT2D eigenvalue weighted by Crippen LogP contribution is -2.16. The molecular weight excluding hydrogens is 398 g/mol. The molecule has 7 nitrogen and oxygen atoms in total. The maximum Gasteiger partial charge on any atom is 0.347 e. The fourth-order valence-electron chi connectivity index (χ4n) is 2.91. The molecule has 0 unspecified atom stereocenters. The number of ether oxygens (including phenoxy) is 4. The molecule has 1 N–H and O–H groups in total. The summed E-state index contributed by atoms with van der Waals surface area (Å²) in [4.78, 5) is 25.4. The van der Waals surface area contributed by atoms with Gasteiger partial charge in [0, 0.05) is 5.69 Å². The number of anilines is 1. The van der Waals surface area contributed by atoms with Crippen molar-refractivity contribution in [1.82, 2.24) is 0 Å². The lowest BCUT2D eigenvalue weighted by atomic mass is 10.1. The second-order valence-electron chi connectivity index (χ2n) is 6.61. The summed E-state index contributed by atoms with van der Waals surface area (Å²) in [5, 5.41) is 2.98. The van der Waals surface area contributed by atoms with Crippen LogP contribution in [0.2, 0.25) is 0 Å². The Hall–Kier alpha value is -3.74. The highest BCUT2D eigenvalue weighted by Crippen LogP contribution is 2.32. The van der Waals surface area contributed by atoms with Crippen molar-refractivity contribution >= 4 is 23.5 Å². The number of hydrogen-bond acceptors (Lipinski definition) is 7. The maximum absolute atomic E-state index is 12.9. The molecule has 0 atom stereocenters. The first kappa shape index (κ1) is 22.0. The normalized spacial score (nSPS) is 14.4. The molecule has 0 aromatic heterocycles. The summed E-state index contributed by atoms with van der Waals surface area (Å²) in [6.45, 7) is 4.40. The number of benzene rings is 2. The molecule has 0 radical (unpaired) electrons. The smallest absolute Gasteiger partial charge is 0.347 e. The van der Waals surface area contributed by atoms with Crippen molar-refractivity contribution < 1.29 is 28.5 Å². The molecule has 31 heavy (non-hydrogen) atoms. The van der Waals surface area contributed by atoms with Crippen molar-refractivity contribution in [2.24, 2.45) is 0 Å². The Morgan fingerprint density at radius 1 is 1.10 bits per heavy atom. The number of carbonyl (C=O) groups is 2.